The minimum absolute atomic E-state index is 0.0639. The monoisotopic (exact) mass is 455 g/mol. The number of carbonyl (C=O) groups excluding carboxylic acids is 2. The lowest BCUT2D eigenvalue weighted by atomic mass is 9.79. The van der Waals surface area contributed by atoms with Crippen molar-refractivity contribution in [3.8, 4) is 0 Å². The van der Waals surface area contributed by atoms with Crippen LogP contribution in [0.15, 0.2) is 24.5 Å². The zero-order valence-electron chi connectivity index (χ0n) is 20.6. The van der Waals surface area contributed by atoms with E-state index < -0.39 is 17.7 Å². The second kappa shape index (κ2) is 10.4. The number of nitrogens with zero attached hydrogens (tertiary/aromatic N) is 3. The van der Waals surface area contributed by atoms with Crippen LogP contribution in [0, 0.1) is 18.8 Å². The van der Waals surface area contributed by atoms with Gasteiger partial charge in [0.15, 0.2) is 0 Å². The van der Waals surface area contributed by atoms with Crippen LogP contribution in [0.25, 0.3) is 0 Å². The molecule has 2 aromatic heterocycles. The van der Waals surface area contributed by atoms with Crippen molar-refractivity contribution in [3.05, 3.63) is 41.3 Å². The molecule has 0 radical (unpaired) electrons. The maximum Gasteiger partial charge on any atom is 0.408 e. The van der Waals surface area contributed by atoms with Gasteiger partial charge < -0.3 is 15.4 Å². The number of nitrogens with one attached hydrogen (secondary N) is 2. The van der Waals surface area contributed by atoms with Crippen LogP contribution in [0.2, 0.25) is 0 Å². The molecule has 2 aromatic rings. The number of rotatable bonds is 6. The van der Waals surface area contributed by atoms with Crippen molar-refractivity contribution in [1.82, 2.24) is 20.1 Å². The molecule has 1 atom stereocenters. The number of hydrogen-bond acceptors (Lipinski definition) is 5. The van der Waals surface area contributed by atoms with E-state index in [1.165, 1.54) is 0 Å². The average Bonchev–Trinajstić information content (AvgIpc) is 3.04. The lowest BCUT2D eigenvalue weighted by Gasteiger charge is -2.32. The molecule has 33 heavy (non-hydrogen) atoms. The fraction of sp³-hybridized carbons (Fsp3) is 0.600. The second-order valence-electron chi connectivity index (χ2n) is 10.3. The number of aromatic nitrogens is 3. The SMILES string of the molecule is Cc1cnn(C)c1Cc1ccnc(NC(=O)[C@@H](NC(=O)OC(C)(C)C)C2CCC(C)CC2)c1. The number of amides is 2. The zero-order valence-corrected chi connectivity index (χ0v) is 20.6. The van der Waals surface area contributed by atoms with Crippen molar-refractivity contribution in [1.29, 1.82) is 0 Å². The van der Waals surface area contributed by atoms with E-state index in [0.717, 1.165) is 42.5 Å². The quantitative estimate of drug-likeness (QED) is 0.674. The van der Waals surface area contributed by atoms with E-state index in [4.69, 9.17) is 4.74 Å². The van der Waals surface area contributed by atoms with Gasteiger partial charge in [0.25, 0.3) is 0 Å². The van der Waals surface area contributed by atoms with Gasteiger partial charge in [-0.3, -0.25) is 9.48 Å². The maximum absolute atomic E-state index is 13.3. The number of anilines is 1. The molecule has 0 aliphatic heterocycles. The molecule has 1 fully saturated rings. The van der Waals surface area contributed by atoms with Crippen molar-refractivity contribution in [2.75, 3.05) is 5.32 Å². The molecule has 3 rings (SSSR count). The zero-order chi connectivity index (χ0) is 24.2. The van der Waals surface area contributed by atoms with Crippen LogP contribution in [0.4, 0.5) is 10.6 Å². The molecule has 1 aliphatic rings. The summed E-state index contributed by atoms with van der Waals surface area (Å²) < 4.78 is 7.29. The van der Waals surface area contributed by atoms with Gasteiger partial charge in [-0.2, -0.15) is 5.10 Å². The molecule has 0 spiro atoms. The van der Waals surface area contributed by atoms with Gasteiger partial charge in [-0.1, -0.05) is 19.8 Å². The molecular weight excluding hydrogens is 418 g/mol. The van der Waals surface area contributed by atoms with E-state index in [1.54, 1.807) is 6.20 Å². The highest BCUT2D eigenvalue weighted by atomic mass is 16.6. The Hall–Kier alpha value is -2.90. The van der Waals surface area contributed by atoms with E-state index in [2.05, 4.69) is 27.6 Å². The molecule has 0 saturated heterocycles. The standard InChI is InChI=1S/C25H37N5O3/c1-16-7-9-19(10-8-16)22(29-24(32)33-25(3,4)5)23(31)28-21-14-18(11-12-26-21)13-20-17(2)15-27-30(20)6/h11-12,14-16,19,22H,7-10,13H2,1-6H3,(H,29,32)(H,26,28,31)/t16?,19?,22-/m0/s1. The second-order valence-corrected chi connectivity index (χ2v) is 10.3. The minimum Gasteiger partial charge on any atom is -0.444 e. The molecule has 0 bridgehead atoms. The molecular formula is C25H37N5O3. The number of alkyl carbamates (subject to hydrolysis) is 1. The lowest BCUT2D eigenvalue weighted by molar-refractivity contribution is -0.119. The third-order valence-electron chi connectivity index (χ3n) is 6.20. The fourth-order valence-corrected chi connectivity index (χ4v) is 4.33. The number of ether oxygens (including phenoxy) is 1. The maximum atomic E-state index is 13.3. The Morgan fingerprint density at radius 1 is 1.24 bits per heavy atom. The molecule has 8 nitrogen and oxygen atoms in total. The summed E-state index contributed by atoms with van der Waals surface area (Å²) >= 11 is 0. The number of aryl methyl sites for hydroxylation is 2. The van der Waals surface area contributed by atoms with Crippen molar-refractivity contribution in [3.63, 3.8) is 0 Å². The molecule has 2 heterocycles. The third kappa shape index (κ3) is 7.04. The summed E-state index contributed by atoms with van der Waals surface area (Å²) in [6.07, 6.45) is 7.52. The van der Waals surface area contributed by atoms with Crippen molar-refractivity contribution >= 4 is 17.8 Å². The minimum atomic E-state index is -0.669. The Morgan fingerprint density at radius 3 is 2.55 bits per heavy atom. The molecule has 1 saturated carbocycles. The Bertz CT molecular complexity index is 951. The van der Waals surface area contributed by atoms with Crippen LogP contribution >= 0.6 is 0 Å². The Balaban J connectivity index is 1.73. The van der Waals surface area contributed by atoms with E-state index in [1.807, 2.05) is 57.8 Å². The molecule has 0 unspecified atom stereocenters. The van der Waals surface area contributed by atoms with Gasteiger partial charge in [-0.05, 0) is 75.6 Å². The first kappa shape index (κ1) is 24.7. The topological polar surface area (TPSA) is 98.1 Å². The van der Waals surface area contributed by atoms with Gasteiger partial charge in [-0.25, -0.2) is 9.78 Å². The number of hydrogen-bond donors (Lipinski definition) is 2. The Morgan fingerprint density at radius 2 is 1.94 bits per heavy atom. The van der Waals surface area contributed by atoms with E-state index in [0.29, 0.717) is 18.2 Å². The van der Waals surface area contributed by atoms with Crippen LogP contribution in [0.3, 0.4) is 0 Å². The largest absolute Gasteiger partial charge is 0.444 e. The summed E-state index contributed by atoms with van der Waals surface area (Å²) in [7, 11) is 1.92. The highest BCUT2D eigenvalue weighted by Crippen LogP contribution is 2.31. The summed E-state index contributed by atoms with van der Waals surface area (Å²) in [6, 6.07) is 3.14. The van der Waals surface area contributed by atoms with Gasteiger partial charge >= 0.3 is 6.09 Å². The summed E-state index contributed by atoms with van der Waals surface area (Å²) in [5.74, 6) is 0.911. The van der Waals surface area contributed by atoms with Crippen LogP contribution in [-0.2, 0) is 23.0 Å². The summed E-state index contributed by atoms with van der Waals surface area (Å²) in [6.45, 7) is 9.69. The van der Waals surface area contributed by atoms with Crippen LogP contribution < -0.4 is 10.6 Å². The third-order valence-corrected chi connectivity index (χ3v) is 6.20. The Labute approximate surface area is 196 Å². The highest BCUT2D eigenvalue weighted by molar-refractivity contribution is 5.96. The van der Waals surface area contributed by atoms with Gasteiger partial charge in [-0.15, -0.1) is 0 Å². The summed E-state index contributed by atoms with van der Waals surface area (Å²) in [4.78, 5) is 30.1. The molecule has 2 amide bonds. The van der Waals surface area contributed by atoms with Crippen LogP contribution in [-0.4, -0.2) is 38.4 Å². The van der Waals surface area contributed by atoms with Gasteiger partial charge in [0, 0.05) is 25.4 Å². The van der Waals surface area contributed by atoms with Crippen molar-refractivity contribution in [2.45, 2.75) is 78.4 Å². The number of carbonyl (C=O) groups is 2. The van der Waals surface area contributed by atoms with Gasteiger partial charge in [0.2, 0.25) is 5.91 Å². The highest BCUT2D eigenvalue weighted by Gasteiger charge is 2.34. The molecule has 8 heteroatoms. The van der Waals surface area contributed by atoms with Crippen molar-refractivity contribution < 1.29 is 14.3 Å². The molecule has 180 valence electrons. The lowest BCUT2D eigenvalue weighted by Crippen LogP contribution is -2.50. The first-order valence-electron chi connectivity index (χ1n) is 11.7. The smallest absolute Gasteiger partial charge is 0.408 e. The van der Waals surface area contributed by atoms with Crippen LogP contribution in [0.1, 0.15) is 70.2 Å². The predicted octanol–water partition coefficient (Wildman–Crippen LogP) is 4.37. The summed E-state index contributed by atoms with van der Waals surface area (Å²) in [5.41, 5.74) is 2.62. The number of pyridine rings is 1. The Kier molecular flexibility index (Phi) is 7.76. The molecule has 0 aromatic carbocycles. The molecule has 1 aliphatic carbocycles. The van der Waals surface area contributed by atoms with Crippen molar-refractivity contribution in [2.24, 2.45) is 18.9 Å². The van der Waals surface area contributed by atoms with Gasteiger partial charge in [0.05, 0.1) is 6.20 Å². The van der Waals surface area contributed by atoms with Crippen LogP contribution in [0.5, 0.6) is 0 Å². The molecule has 2 N–H and O–H groups in total. The fourth-order valence-electron chi connectivity index (χ4n) is 4.33. The first-order valence-corrected chi connectivity index (χ1v) is 11.7. The van der Waals surface area contributed by atoms with Gasteiger partial charge in [0.1, 0.15) is 17.5 Å². The first-order chi connectivity index (χ1) is 15.5. The predicted molar refractivity (Wildman–Crippen MR) is 128 cm³/mol. The van der Waals surface area contributed by atoms with E-state index in [9.17, 15) is 9.59 Å². The average molecular weight is 456 g/mol. The normalized spacial score (nSPS) is 19.6. The van der Waals surface area contributed by atoms with E-state index >= 15 is 0 Å². The summed E-state index contributed by atoms with van der Waals surface area (Å²) in [5, 5.41) is 10.1. The van der Waals surface area contributed by atoms with E-state index in [-0.39, 0.29) is 11.8 Å².